The zero-order valence-electron chi connectivity index (χ0n) is 14.9. The molecule has 0 bridgehead atoms. The summed E-state index contributed by atoms with van der Waals surface area (Å²) in [7, 11) is 3.00. The molecule has 0 aliphatic carbocycles. The Morgan fingerprint density at radius 1 is 1.15 bits per heavy atom. The second kappa shape index (κ2) is 9.58. The highest BCUT2D eigenvalue weighted by atomic mass is 32.1. The van der Waals surface area contributed by atoms with E-state index < -0.39 is 18.4 Å². The first kappa shape index (κ1) is 20.2. The number of nitrogens with zero attached hydrogens (tertiary/aromatic N) is 1. The third-order valence-corrected chi connectivity index (χ3v) is 4.48. The summed E-state index contributed by atoms with van der Waals surface area (Å²) in [5.74, 6) is -0.986. The van der Waals surface area contributed by atoms with E-state index in [1.165, 1.54) is 25.6 Å². The van der Waals surface area contributed by atoms with Crippen LogP contribution in [0.4, 0.5) is 0 Å². The quantitative estimate of drug-likeness (QED) is 0.672. The summed E-state index contributed by atoms with van der Waals surface area (Å²) < 4.78 is 10.4. The van der Waals surface area contributed by atoms with Gasteiger partial charge in [-0.15, -0.1) is 11.3 Å². The van der Waals surface area contributed by atoms with E-state index in [0.29, 0.717) is 21.9 Å². The number of carboxylic acid groups (broad SMARTS) is 1. The van der Waals surface area contributed by atoms with Gasteiger partial charge in [-0.1, -0.05) is 6.07 Å². The third-order valence-electron chi connectivity index (χ3n) is 3.61. The monoisotopic (exact) mass is 392 g/mol. The van der Waals surface area contributed by atoms with Gasteiger partial charge in [-0.05, 0) is 29.1 Å². The number of aliphatic carboxylic acids is 1. The Bertz CT molecular complexity index is 784. The number of benzene rings is 1. The van der Waals surface area contributed by atoms with E-state index in [1.54, 1.807) is 35.7 Å². The number of hydrogen-bond donors (Lipinski definition) is 2. The van der Waals surface area contributed by atoms with Gasteiger partial charge in [-0.2, -0.15) is 0 Å². The van der Waals surface area contributed by atoms with Crippen molar-refractivity contribution in [3.8, 4) is 11.5 Å². The van der Waals surface area contributed by atoms with Crippen molar-refractivity contribution < 1.29 is 29.0 Å². The summed E-state index contributed by atoms with van der Waals surface area (Å²) >= 11 is 1.25. The van der Waals surface area contributed by atoms with Gasteiger partial charge in [0.2, 0.25) is 5.91 Å². The predicted molar refractivity (Wildman–Crippen MR) is 99.3 cm³/mol. The molecule has 0 fully saturated rings. The van der Waals surface area contributed by atoms with Crippen LogP contribution in [0, 0.1) is 0 Å². The van der Waals surface area contributed by atoms with Crippen molar-refractivity contribution in [2.45, 2.75) is 6.54 Å². The van der Waals surface area contributed by atoms with Crippen molar-refractivity contribution in [3.63, 3.8) is 0 Å². The first-order chi connectivity index (χ1) is 12.9. The van der Waals surface area contributed by atoms with Gasteiger partial charge in [-0.25, -0.2) is 0 Å². The summed E-state index contributed by atoms with van der Waals surface area (Å²) in [6.07, 6.45) is 0. The molecule has 9 heteroatoms. The van der Waals surface area contributed by atoms with Crippen LogP contribution < -0.4 is 14.8 Å². The summed E-state index contributed by atoms with van der Waals surface area (Å²) in [5.41, 5.74) is 0.644. The fraction of sp³-hybridized carbons (Fsp3) is 0.278. The predicted octanol–water partition coefficient (Wildman–Crippen LogP) is 1.61. The summed E-state index contributed by atoms with van der Waals surface area (Å²) in [4.78, 5) is 37.2. The number of carboxylic acids is 1. The maximum Gasteiger partial charge on any atom is 0.323 e. The molecular weight excluding hydrogens is 372 g/mol. The Kier molecular flexibility index (Phi) is 7.18. The lowest BCUT2D eigenvalue weighted by Gasteiger charge is -2.21. The zero-order valence-corrected chi connectivity index (χ0v) is 15.7. The average Bonchev–Trinajstić information content (AvgIpc) is 3.19. The van der Waals surface area contributed by atoms with Gasteiger partial charge in [0, 0.05) is 12.6 Å². The van der Waals surface area contributed by atoms with Crippen molar-refractivity contribution in [1.29, 1.82) is 0 Å². The molecule has 1 heterocycles. The van der Waals surface area contributed by atoms with E-state index in [-0.39, 0.29) is 19.0 Å². The Labute approximate surface area is 160 Å². The molecule has 144 valence electrons. The van der Waals surface area contributed by atoms with E-state index in [0.717, 1.165) is 4.90 Å². The second-order valence-electron chi connectivity index (χ2n) is 5.52. The number of thiophene rings is 1. The topological polar surface area (TPSA) is 105 Å². The first-order valence-electron chi connectivity index (χ1n) is 7.96. The van der Waals surface area contributed by atoms with Gasteiger partial charge < -0.3 is 24.8 Å². The van der Waals surface area contributed by atoms with Crippen LogP contribution in [-0.4, -0.2) is 55.1 Å². The lowest BCUT2D eigenvalue weighted by atomic mass is 10.2. The number of rotatable bonds is 9. The van der Waals surface area contributed by atoms with E-state index in [4.69, 9.17) is 14.6 Å². The molecule has 0 saturated heterocycles. The Morgan fingerprint density at radius 2 is 1.81 bits per heavy atom. The molecule has 0 radical (unpaired) electrons. The minimum atomic E-state index is -1.15. The Balaban J connectivity index is 2.08. The van der Waals surface area contributed by atoms with Gasteiger partial charge in [0.1, 0.15) is 18.0 Å². The first-order valence-corrected chi connectivity index (χ1v) is 8.84. The van der Waals surface area contributed by atoms with Crippen LogP contribution in [0.3, 0.4) is 0 Å². The smallest absolute Gasteiger partial charge is 0.323 e. The minimum absolute atomic E-state index is 0.0353. The molecule has 0 aliphatic rings. The zero-order chi connectivity index (χ0) is 19.8. The van der Waals surface area contributed by atoms with Crippen LogP contribution in [0.15, 0.2) is 35.7 Å². The molecule has 27 heavy (non-hydrogen) atoms. The molecule has 0 unspecified atom stereocenters. The van der Waals surface area contributed by atoms with Crippen LogP contribution in [0.2, 0.25) is 0 Å². The summed E-state index contributed by atoms with van der Waals surface area (Å²) in [5, 5.41) is 13.4. The molecule has 8 nitrogen and oxygen atoms in total. The number of ether oxygens (including phenoxy) is 2. The molecule has 2 N–H and O–H groups in total. The van der Waals surface area contributed by atoms with Crippen molar-refractivity contribution >= 4 is 29.1 Å². The molecule has 2 amide bonds. The van der Waals surface area contributed by atoms with E-state index in [2.05, 4.69) is 5.32 Å². The molecule has 0 atom stereocenters. The summed E-state index contributed by atoms with van der Waals surface area (Å²) in [6.45, 7) is -0.758. The third kappa shape index (κ3) is 6.00. The largest absolute Gasteiger partial charge is 0.497 e. The van der Waals surface area contributed by atoms with Crippen LogP contribution in [0.5, 0.6) is 11.5 Å². The van der Waals surface area contributed by atoms with Gasteiger partial charge in [-0.3, -0.25) is 14.4 Å². The highest BCUT2D eigenvalue weighted by molar-refractivity contribution is 7.12. The van der Waals surface area contributed by atoms with Crippen LogP contribution in [-0.2, 0) is 16.1 Å². The molecule has 1 aromatic carbocycles. The van der Waals surface area contributed by atoms with Gasteiger partial charge in [0.25, 0.3) is 5.91 Å². The maximum absolute atomic E-state index is 12.5. The number of amides is 2. The van der Waals surface area contributed by atoms with Crippen LogP contribution in [0.25, 0.3) is 0 Å². The van der Waals surface area contributed by atoms with Crippen molar-refractivity contribution in [2.75, 3.05) is 27.3 Å². The van der Waals surface area contributed by atoms with Gasteiger partial charge in [0.15, 0.2) is 0 Å². The average molecular weight is 392 g/mol. The normalized spacial score (nSPS) is 10.1. The lowest BCUT2D eigenvalue weighted by Crippen LogP contribution is -2.42. The lowest BCUT2D eigenvalue weighted by molar-refractivity contribution is -0.144. The number of carbonyl (C=O) groups is 3. The molecule has 0 aliphatic heterocycles. The molecule has 2 rings (SSSR count). The number of carbonyl (C=O) groups excluding carboxylic acids is 2. The fourth-order valence-corrected chi connectivity index (χ4v) is 2.98. The minimum Gasteiger partial charge on any atom is -0.497 e. The van der Waals surface area contributed by atoms with Gasteiger partial charge in [0.05, 0.1) is 25.6 Å². The second-order valence-corrected chi connectivity index (χ2v) is 6.47. The van der Waals surface area contributed by atoms with E-state index >= 15 is 0 Å². The highest BCUT2D eigenvalue weighted by Crippen LogP contribution is 2.23. The maximum atomic E-state index is 12.5. The molecule has 0 spiro atoms. The Morgan fingerprint density at radius 3 is 2.33 bits per heavy atom. The number of hydrogen-bond acceptors (Lipinski definition) is 6. The number of nitrogens with one attached hydrogen (secondary N) is 1. The molecular formula is C18H20N2O6S. The standard InChI is InChI=1S/C18H20N2O6S/c1-25-13-6-12(7-14(8-13)26-2)10-20(11-17(22)23)16(21)9-19-18(24)15-4-3-5-27-15/h3-8H,9-11H2,1-2H3,(H,19,24)(H,22,23). The van der Waals surface area contributed by atoms with Crippen LogP contribution >= 0.6 is 11.3 Å². The van der Waals surface area contributed by atoms with Crippen molar-refractivity contribution in [3.05, 3.63) is 46.2 Å². The Hall–Kier alpha value is -3.07. The van der Waals surface area contributed by atoms with Crippen LogP contribution in [0.1, 0.15) is 15.2 Å². The summed E-state index contributed by atoms with van der Waals surface area (Å²) in [6, 6.07) is 8.42. The van der Waals surface area contributed by atoms with Gasteiger partial charge >= 0.3 is 5.97 Å². The molecule has 2 aromatic rings. The van der Waals surface area contributed by atoms with E-state index in [1.807, 2.05) is 0 Å². The SMILES string of the molecule is COc1cc(CN(CC(=O)O)C(=O)CNC(=O)c2cccs2)cc(OC)c1. The van der Waals surface area contributed by atoms with Crippen molar-refractivity contribution in [1.82, 2.24) is 10.2 Å². The highest BCUT2D eigenvalue weighted by Gasteiger charge is 2.19. The fourth-order valence-electron chi connectivity index (χ4n) is 2.34. The van der Waals surface area contributed by atoms with E-state index in [9.17, 15) is 14.4 Å². The van der Waals surface area contributed by atoms with Crippen molar-refractivity contribution in [2.24, 2.45) is 0 Å². The molecule has 1 aromatic heterocycles. The number of methoxy groups -OCH3 is 2. The molecule has 0 saturated carbocycles.